The SMILES string of the molecule is [C-]#[N+]c1ccc(OCCCN2CCC(CCCOc3ccc(C#N)cc3)CC2)cc1. The Labute approximate surface area is 179 Å². The molecule has 2 aromatic rings. The molecular weight excluding hydrogens is 374 g/mol. The Balaban J connectivity index is 1.22. The molecule has 1 aliphatic heterocycles. The molecule has 1 fully saturated rings. The molecule has 0 aromatic heterocycles. The van der Waals surface area contributed by atoms with Gasteiger partial charge in [0, 0.05) is 6.54 Å². The minimum Gasteiger partial charge on any atom is -0.494 e. The van der Waals surface area contributed by atoms with Gasteiger partial charge in [-0.1, -0.05) is 12.1 Å². The van der Waals surface area contributed by atoms with Gasteiger partial charge in [0.25, 0.3) is 0 Å². The van der Waals surface area contributed by atoms with E-state index in [2.05, 4.69) is 15.8 Å². The molecule has 5 heteroatoms. The summed E-state index contributed by atoms with van der Waals surface area (Å²) in [5.41, 5.74) is 1.31. The van der Waals surface area contributed by atoms with Crippen LogP contribution in [-0.4, -0.2) is 37.7 Å². The molecule has 5 nitrogen and oxygen atoms in total. The lowest BCUT2D eigenvalue weighted by molar-refractivity contribution is 0.161. The average molecular weight is 404 g/mol. The quantitative estimate of drug-likeness (QED) is 0.391. The van der Waals surface area contributed by atoms with Crippen LogP contribution in [0, 0.1) is 23.8 Å². The predicted molar refractivity (Wildman–Crippen MR) is 118 cm³/mol. The topological polar surface area (TPSA) is 49.8 Å². The van der Waals surface area contributed by atoms with Crippen molar-refractivity contribution in [1.29, 1.82) is 5.26 Å². The monoisotopic (exact) mass is 403 g/mol. The Morgan fingerprint density at radius 3 is 2.13 bits per heavy atom. The Hall–Kier alpha value is -3.02. The number of piperidine rings is 1. The maximum absolute atomic E-state index is 8.82. The fourth-order valence-corrected chi connectivity index (χ4v) is 3.78. The van der Waals surface area contributed by atoms with Gasteiger partial charge in [-0.3, -0.25) is 0 Å². The van der Waals surface area contributed by atoms with Crippen LogP contribution in [0.3, 0.4) is 0 Å². The fourth-order valence-electron chi connectivity index (χ4n) is 3.78. The van der Waals surface area contributed by atoms with Gasteiger partial charge in [0.1, 0.15) is 11.5 Å². The van der Waals surface area contributed by atoms with Crippen molar-refractivity contribution >= 4 is 5.69 Å². The van der Waals surface area contributed by atoms with Crippen LogP contribution in [0.1, 0.15) is 37.7 Å². The molecule has 2 aromatic carbocycles. The Bertz CT molecular complexity index is 768. The molecule has 0 saturated carbocycles. The van der Waals surface area contributed by atoms with Gasteiger partial charge in [-0.2, -0.15) is 5.26 Å². The summed E-state index contributed by atoms with van der Waals surface area (Å²) in [5, 5.41) is 8.82. The molecule has 1 saturated heterocycles. The van der Waals surface area contributed by atoms with E-state index in [-0.39, 0.29) is 0 Å². The number of hydrogen-bond donors (Lipinski definition) is 0. The van der Waals surface area contributed by atoms with E-state index in [1.807, 2.05) is 24.3 Å². The minimum atomic E-state index is 0.644. The molecule has 0 spiro atoms. The Morgan fingerprint density at radius 2 is 1.53 bits per heavy atom. The summed E-state index contributed by atoms with van der Waals surface area (Å²) < 4.78 is 11.6. The lowest BCUT2D eigenvalue weighted by atomic mass is 9.92. The van der Waals surface area contributed by atoms with Gasteiger partial charge in [-0.15, -0.1) is 0 Å². The molecule has 0 N–H and O–H groups in total. The van der Waals surface area contributed by atoms with Gasteiger partial charge >= 0.3 is 0 Å². The summed E-state index contributed by atoms with van der Waals surface area (Å²) in [6.07, 6.45) is 5.83. The number of nitriles is 1. The van der Waals surface area contributed by atoms with E-state index in [1.165, 1.54) is 32.4 Å². The average Bonchev–Trinajstić information content (AvgIpc) is 2.81. The third-order valence-corrected chi connectivity index (χ3v) is 5.57. The summed E-state index contributed by atoms with van der Waals surface area (Å²) in [7, 11) is 0. The zero-order chi connectivity index (χ0) is 21.0. The maximum Gasteiger partial charge on any atom is 0.187 e. The van der Waals surface area contributed by atoms with Crippen molar-refractivity contribution in [2.75, 3.05) is 32.8 Å². The zero-order valence-corrected chi connectivity index (χ0v) is 17.4. The first-order valence-corrected chi connectivity index (χ1v) is 10.7. The predicted octanol–water partition coefficient (Wildman–Crippen LogP) is 5.45. The molecule has 0 aliphatic carbocycles. The highest BCUT2D eigenvalue weighted by atomic mass is 16.5. The summed E-state index contributed by atoms with van der Waals surface area (Å²) in [5.74, 6) is 2.47. The highest BCUT2D eigenvalue weighted by Gasteiger charge is 2.18. The van der Waals surface area contributed by atoms with E-state index in [9.17, 15) is 0 Å². The van der Waals surface area contributed by atoms with Gasteiger partial charge in [0.2, 0.25) is 0 Å². The third kappa shape index (κ3) is 7.10. The van der Waals surface area contributed by atoms with Crippen LogP contribution in [-0.2, 0) is 0 Å². The number of benzene rings is 2. The first-order valence-electron chi connectivity index (χ1n) is 10.7. The van der Waals surface area contributed by atoms with Crippen molar-refractivity contribution in [3.05, 3.63) is 65.5 Å². The molecule has 0 bridgehead atoms. The van der Waals surface area contributed by atoms with Crippen molar-refractivity contribution in [3.8, 4) is 17.6 Å². The summed E-state index contributed by atoms with van der Waals surface area (Å²) in [6.45, 7) is 11.8. The van der Waals surface area contributed by atoms with E-state index in [1.54, 1.807) is 24.3 Å². The zero-order valence-electron chi connectivity index (χ0n) is 17.4. The molecule has 0 radical (unpaired) electrons. The van der Waals surface area contributed by atoms with E-state index >= 15 is 0 Å². The van der Waals surface area contributed by atoms with E-state index < -0.39 is 0 Å². The number of ether oxygens (including phenoxy) is 2. The first kappa shape index (κ1) is 21.7. The molecule has 0 atom stereocenters. The number of rotatable bonds is 10. The van der Waals surface area contributed by atoms with Crippen LogP contribution >= 0.6 is 0 Å². The Kier molecular flexibility index (Phi) is 8.57. The largest absolute Gasteiger partial charge is 0.494 e. The molecule has 1 heterocycles. The van der Waals surface area contributed by atoms with Crippen molar-refractivity contribution in [2.45, 2.75) is 32.1 Å². The fraction of sp³-hybridized carbons (Fsp3) is 0.440. The van der Waals surface area contributed by atoms with Crippen LogP contribution in [0.4, 0.5) is 5.69 Å². The summed E-state index contributed by atoms with van der Waals surface area (Å²) >= 11 is 0. The second kappa shape index (κ2) is 11.9. The number of likely N-dealkylation sites (tertiary alicyclic amines) is 1. The molecule has 0 amide bonds. The van der Waals surface area contributed by atoms with Gasteiger partial charge < -0.3 is 14.4 Å². The number of hydrogen-bond acceptors (Lipinski definition) is 4. The van der Waals surface area contributed by atoms with Crippen molar-refractivity contribution in [2.24, 2.45) is 5.92 Å². The molecular formula is C25H29N3O2. The molecule has 1 aliphatic rings. The Morgan fingerprint density at radius 1 is 0.933 bits per heavy atom. The molecule has 0 unspecified atom stereocenters. The normalized spacial score (nSPS) is 14.6. The van der Waals surface area contributed by atoms with Crippen LogP contribution < -0.4 is 9.47 Å². The molecule has 30 heavy (non-hydrogen) atoms. The van der Waals surface area contributed by atoms with Gasteiger partial charge in [-0.05, 0) is 87.5 Å². The van der Waals surface area contributed by atoms with E-state index in [0.717, 1.165) is 43.4 Å². The lowest BCUT2D eigenvalue weighted by Gasteiger charge is -2.32. The second-order valence-corrected chi connectivity index (χ2v) is 7.72. The van der Waals surface area contributed by atoms with Crippen LogP contribution in [0.15, 0.2) is 48.5 Å². The molecule has 3 rings (SSSR count). The van der Waals surface area contributed by atoms with Gasteiger partial charge in [0.05, 0.1) is 31.4 Å². The first-order chi connectivity index (χ1) is 14.8. The summed E-state index contributed by atoms with van der Waals surface area (Å²) in [4.78, 5) is 5.93. The maximum atomic E-state index is 8.82. The van der Waals surface area contributed by atoms with Crippen LogP contribution in [0.25, 0.3) is 4.85 Å². The lowest BCUT2D eigenvalue weighted by Crippen LogP contribution is -2.35. The van der Waals surface area contributed by atoms with E-state index in [0.29, 0.717) is 17.9 Å². The second-order valence-electron chi connectivity index (χ2n) is 7.72. The van der Waals surface area contributed by atoms with E-state index in [4.69, 9.17) is 21.3 Å². The highest BCUT2D eigenvalue weighted by molar-refractivity contribution is 5.46. The van der Waals surface area contributed by atoms with Gasteiger partial charge in [-0.25, -0.2) is 4.85 Å². The number of nitrogens with zero attached hydrogens (tertiary/aromatic N) is 3. The minimum absolute atomic E-state index is 0.644. The van der Waals surface area contributed by atoms with Crippen molar-refractivity contribution < 1.29 is 9.47 Å². The van der Waals surface area contributed by atoms with Crippen LogP contribution in [0.2, 0.25) is 0 Å². The smallest absolute Gasteiger partial charge is 0.187 e. The van der Waals surface area contributed by atoms with Crippen molar-refractivity contribution in [3.63, 3.8) is 0 Å². The summed E-state index contributed by atoms with van der Waals surface area (Å²) in [6, 6.07) is 16.8. The van der Waals surface area contributed by atoms with Crippen LogP contribution in [0.5, 0.6) is 11.5 Å². The third-order valence-electron chi connectivity index (χ3n) is 5.57. The standard InChI is InChI=1S/C25H29N3O2/c1-27-23-7-11-25(12-8-23)30-19-3-15-28-16-13-21(14-17-28)4-2-18-29-24-9-5-22(20-26)6-10-24/h5-12,21H,2-4,13-19H2. The van der Waals surface area contributed by atoms with Gasteiger partial charge in [0.15, 0.2) is 5.69 Å². The molecule has 156 valence electrons. The van der Waals surface area contributed by atoms with Crippen molar-refractivity contribution in [1.82, 2.24) is 4.90 Å². The highest BCUT2D eigenvalue weighted by Crippen LogP contribution is 2.23.